The van der Waals surface area contributed by atoms with Crippen molar-refractivity contribution in [1.82, 2.24) is 9.62 Å². The molecule has 18 heteroatoms. The molecule has 0 aliphatic carbocycles. The molecule has 1 aromatic carbocycles. The maximum atomic E-state index is 13.2. The average Bonchev–Trinajstić information content (AvgIpc) is 3.22. The number of hydrogen-bond acceptors (Lipinski definition) is 10. The van der Waals surface area contributed by atoms with Crippen LogP contribution < -0.4 is 15.2 Å². The number of aliphatic carboxylic acids is 1. The third-order valence-corrected chi connectivity index (χ3v) is 8.20. The third-order valence-electron chi connectivity index (χ3n) is 5.73. The summed E-state index contributed by atoms with van der Waals surface area (Å²) in [7, 11) is -6.53. The lowest BCUT2D eigenvalue weighted by molar-refractivity contribution is -0.192. The van der Waals surface area contributed by atoms with E-state index in [2.05, 4.69) is 14.9 Å². The van der Waals surface area contributed by atoms with Gasteiger partial charge in [0.2, 0.25) is 20.0 Å². The standard InChI is InChI=1S/C18H30N4O7S2.C2HF3O2/c1-28-9-8-22-6-4-13(5-7-22)21-31(26,27)18-10-14(30(19,24)25)2-3-15(18)20-16-11-29-12-17(16)23;3-2(4,5)1(6)7/h2-3,10,13,16-17,20-21,23H,4-9,11-12H2,1H3,(H2,19,24,25);(H,6,7)/t16-,17+;/m1./s1. The van der Waals surface area contributed by atoms with E-state index in [1.54, 1.807) is 7.11 Å². The number of sulfonamides is 2. The van der Waals surface area contributed by atoms with Gasteiger partial charge in [0.1, 0.15) is 4.90 Å². The Hall–Kier alpha value is -2.06. The molecule has 38 heavy (non-hydrogen) atoms. The van der Waals surface area contributed by atoms with E-state index in [0.29, 0.717) is 19.4 Å². The summed E-state index contributed by atoms with van der Waals surface area (Å²) in [6.07, 6.45) is -4.65. The van der Waals surface area contributed by atoms with Gasteiger partial charge in [-0.05, 0) is 44.1 Å². The van der Waals surface area contributed by atoms with Crippen molar-refractivity contribution in [1.29, 1.82) is 0 Å². The number of ether oxygens (including phenoxy) is 2. The number of piperidine rings is 1. The first-order valence-corrected chi connectivity index (χ1v) is 14.3. The number of rotatable bonds is 9. The number of benzene rings is 1. The van der Waals surface area contributed by atoms with Crippen LogP contribution in [-0.4, -0.2) is 109 Å². The summed E-state index contributed by atoms with van der Waals surface area (Å²) in [5.74, 6) is -2.76. The van der Waals surface area contributed by atoms with Gasteiger partial charge in [-0.1, -0.05) is 0 Å². The number of nitrogens with two attached hydrogens (primary N) is 1. The molecule has 13 nitrogen and oxygen atoms in total. The second kappa shape index (κ2) is 13.3. The molecule has 0 amide bonds. The molecule has 2 aliphatic rings. The molecule has 0 bridgehead atoms. The number of nitrogens with zero attached hydrogens (tertiary/aromatic N) is 1. The molecular formula is C20H31F3N4O9S2. The second-order valence-electron chi connectivity index (χ2n) is 8.59. The molecule has 2 heterocycles. The first-order valence-electron chi connectivity index (χ1n) is 11.3. The molecule has 0 spiro atoms. The predicted molar refractivity (Wildman–Crippen MR) is 127 cm³/mol. The third kappa shape index (κ3) is 9.60. The lowest BCUT2D eigenvalue weighted by Crippen LogP contribution is -2.45. The highest BCUT2D eigenvalue weighted by molar-refractivity contribution is 7.90. The van der Waals surface area contributed by atoms with E-state index in [1.165, 1.54) is 12.1 Å². The van der Waals surface area contributed by atoms with E-state index < -0.39 is 44.3 Å². The highest BCUT2D eigenvalue weighted by Crippen LogP contribution is 2.27. The maximum Gasteiger partial charge on any atom is 0.490 e. The molecule has 2 fully saturated rings. The van der Waals surface area contributed by atoms with Crippen molar-refractivity contribution in [2.75, 3.05) is 51.9 Å². The van der Waals surface area contributed by atoms with E-state index in [4.69, 9.17) is 24.5 Å². The van der Waals surface area contributed by atoms with Crippen LogP contribution in [0.1, 0.15) is 12.8 Å². The number of methoxy groups -OCH3 is 1. The number of carboxylic acids is 1. The molecule has 0 aromatic heterocycles. The van der Waals surface area contributed by atoms with Crippen LogP contribution in [0.4, 0.5) is 18.9 Å². The molecule has 2 saturated heterocycles. The Morgan fingerprint density at radius 2 is 1.82 bits per heavy atom. The Morgan fingerprint density at radius 1 is 1.21 bits per heavy atom. The number of primary sulfonamides is 1. The monoisotopic (exact) mass is 592 g/mol. The maximum absolute atomic E-state index is 13.2. The van der Waals surface area contributed by atoms with Gasteiger partial charge in [-0.25, -0.2) is 31.5 Å². The van der Waals surface area contributed by atoms with Gasteiger partial charge in [-0.3, -0.25) is 0 Å². The van der Waals surface area contributed by atoms with Crippen molar-refractivity contribution in [3.63, 3.8) is 0 Å². The van der Waals surface area contributed by atoms with Crippen LogP contribution in [0.2, 0.25) is 0 Å². The zero-order valence-corrected chi connectivity index (χ0v) is 22.0. The Labute approximate surface area is 218 Å². The smallest absolute Gasteiger partial charge is 0.475 e. The Morgan fingerprint density at radius 3 is 2.29 bits per heavy atom. The Kier molecular flexibility index (Phi) is 11.3. The van der Waals surface area contributed by atoms with Gasteiger partial charge in [-0.2, -0.15) is 13.2 Å². The molecule has 218 valence electrons. The van der Waals surface area contributed by atoms with Crippen LogP contribution in [0.3, 0.4) is 0 Å². The van der Waals surface area contributed by atoms with Gasteiger partial charge in [0, 0.05) is 19.7 Å². The summed E-state index contributed by atoms with van der Waals surface area (Å²) in [6, 6.07) is 2.81. The molecular weight excluding hydrogens is 561 g/mol. The number of carboxylic acid groups (broad SMARTS) is 1. The van der Waals surface area contributed by atoms with E-state index >= 15 is 0 Å². The first-order chi connectivity index (χ1) is 17.5. The van der Waals surface area contributed by atoms with Gasteiger partial charge in [0.05, 0.1) is 42.5 Å². The molecule has 1 aromatic rings. The van der Waals surface area contributed by atoms with E-state index in [9.17, 15) is 35.1 Å². The molecule has 2 aliphatic heterocycles. The number of anilines is 1. The fourth-order valence-electron chi connectivity index (χ4n) is 3.68. The van der Waals surface area contributed by atoms with Crippen LogP contribution in [0.15, 0.2) is 28.0 Å². The van der Waals surface area contributed by atoms with Crippen molar-refractivity contribution >= 4 is 31.7 Å². The minimum absolute atomic E-state index is 0.134. The first kappa shape index (κ1) is 32.2. The van der Waals surface area contributed by atoms with Crippen LogP contribution in [0.25, 0.3) is 0 Å². The zero-order valence-electron chi connectivity index (χ0n) is 20.3. The van der Waals surface area contributed by atoms with Gasteiger partial charge in [0.15, 0.2) is 0 Å². The summed E-state index contributed by atoms with van der Waals surface area (Å²) < 4.78 is 94.7. The highest BCUT2D eigenvalue weighted by Gasteiger charge is 2.38. The summed E-state index contributed by atoms with van der Waals surface area (Å²) in [6.45, 7) is 3.18. The van der Waals surface area contributed by atoms with Crippen molar-refractivity contribution in [3.8, 4) is 0 Å². The predicted octanol–water partition coefficient (Wildman–Crippen LogP) is -0.472. The molecule has 3 rings (SSSR count). The molecule has 6 N–H and O–H groups in total. The van der Waals surface area contributed by atoms with Gasteiger partial charge in [-0.15, -0.1) is 0 Å². The molecule has 0 saturated carbocycles. The minimum atomic E-state index is -5.08. The number of halogens is 3. The number of hydrogen-bond donors (Lipinski definition) is 5. The lowest BCUT2D eigenvalue weighted by Gasteiger charge is -2.32. The van der Waals surface area contributed by atoms with Crippen LogP contribution in [0, 0.1) is 0 Å². The van der Waals surface area contributed by atoms with E-state index in [1.807, 2.05) is 0 Å². The Balaban J connectivity index is 0.000000638. The number of likely N-dealkylation sites (tertiary alicyclic amines) is 1. The van der Waals surface area contributed by atoms with Crippen LogP contribution in [0.5, 0.6) is 0 Å². The average molecular weight is 593 g/mol. The van der Waals surface area contributed by atoms with Crippen molar-refractivity contribution in [3.05, 3.63) is 18.2 Å². The number of carbonyl (C=O) groups is 1. The minimum Gasteiger partial charge on any atom is -0.475 e. The van der Waals surface area contributed by atoms with Crippen molar-refractivity contribution in [2.45, 2.75) is 47.0 Å². The Bertz CT molecular complexity index is 1160. The van der Waals surface area contributed by atoms with E-state index in [0.717, 1.165) is 25.7 Å². The molecule has 0 radical (unpaired) electrons. The van der Waals surface area contributed by atoms with Crippen molar-refractivity contribution < 1.29 is 54.5 Å². The zero-order chi connectivity index (χ0) is 28.7. The fourth-order valence-corrected chi connectivity index (χ4v) is 5.79. The lowest BCUT2D eigenvalue weighted by atomic mass is 10.1. The number of alkyl halides is 3. The normalized spacial score (nSPS) is 21.5. The summed E-state index contributed by atoms with van der Waals surface area (Å²) in [5.41, 5.74) is 0.173. The number of nitrogens with one attached hydrogen (secondary N) is 2. The van der Waals surface area contributed by atoms with Gasteiger partial charge < -0.3 is 29.9 Å². The van der Waals surface area contributed by atoms with Gasteiger partial charge >= 0.3 is 12.1 Å². The molecule has 2 atom stereocenters. The van der Waals surface area contributed by atoms with E-state index in [-0.39, 0.29) is 34.7 Å². The SMILES string of the molecule is COCCN1CCC(NS(=O)(=O)c2cc(S(N)(=O)=O)ccc2N[C@@H]2COC[C@@H]2O)CC1.O=C(O)C(F)(F)F. The topological polar surface area (TPSA) is 198 Å². The van der Waals surface area contributed by atoms with Crippen LogP contribution in [-0.2, 0) is 34.3 Å². The summed E-state index contributed by atoms with van der Waals surface area (Å²) in [4.78, 5) is 10.5. The largest absolute Gasteiger partial charge is 0.490 e. The van der Waals surface area contributed by atoms with Crippen LogP contribution >= 0.6 is 0 Å². The number of aliphatic hydroxyl groups is 1. The van der Waals surface area contributed by atoms with Gasteiger partial charge in [0.25, 0.3) is 0 Å². The number of aliphatic hydroxyl groups excluding tert-OH is 1. The molecule has 0 unspecified atom stereocenters. The second-order valence-corrected chi connectivity index (χ2v) is 11.8. The quantitative estimate of drug-likeness (QED) is 0.248. The summed E-state index contributed by atoms with van der Waals surface area (Å²) >= 11 is 0. The summed E-state index contributed by atoms with van der Waals surface area (Å²) in [5, 5.41) is 25.3. The fraction of sp³-hybridized carbons (Fsp3) is 0.650. The highest BCUT2D eigenvalue weighted by atomic mass is 32.2. The van der Waals surface area contributed by atoms with Crippen molar-refractivity contribution in [2.24, 2.45) is 5.14 Å².